The van der Waals surface area contributed by atoms with Crippen LogP contribution in [-0.4, -0.2) is 22.6 Å². The van der Waals surface area contributed by atoms with Crippen molar-refractivity contribution in [3.8, 4) is 11.1 Å². The Hall–Kier alpha value is -6.26. The summed E-state index contributed by atoms with van der Waals surface area (Å²) in [4.78, 5) is 13.3. The predicted octanol–water partition coefficient (Wildman–Crippen LogP) is 11.5. The summed E-state index contributed by atoms with van der Waals surface area (Å²) in [7, 11) is 0. The summed E-state index contributed by atoms with van der Waals surface area (Å²) < 4.78 is 0. The quantitative estimate of drug-likeness (QED) is 0.195. The first kappa shape index (κ1) is 30.8. The van der Waals surface area contributed by atoms with Crippen molar-refractivity contribution in [1.82, 2.24) is 10.3 Å². The number of fused-ring (bicyclic) bond motifs is 6. The van der Waals surface area contributed by atoms with Crippen LogP contribution < -0.4 is 5.32 Å². The van der Waals surface area contributed by atoms with Crippen molar-refractivity contribution in [3.05, 3.63) is 180 Å². The number of amidine groups is 1. The molecule has 51 heavy (non-hydrogen) atoms. The van der Waals surface area contributed by atoms with Gasteiger partial charge in [-0.15, -0.1) is 0 Å². The normalized spacial score (nSPS) is 17.0. The third-order valence-electron chi connectivity index (χ3n) is 10.4. The van der Waals surface area contributed by atoms with Gasteiger partial charge in [0, 0.05) is 32.8 Å². The standard InChI is InChI=1S/C25H20N2.C22H18N2/c1-17-26-24-12-5-4-10-23(24)25(27-17)20-15-13-19(14-16-20)22-11-6-8-18-7-2-3-9-21(18)22;1-22(2)17-13-19-16(15-10-6-7-11-18(15)23-19)12-20(17)24-21(22)14-8-4-3-5-9-14/h2-16,24H,1H3,(H,26,27);3-13,23H,1-2H3. The van der Waals surface area contributed by atoms with Crippen LogP contribution in [0.3, 0.4) is 0 Å². The number of hydrogen-bond donors (Lipinski definition) is 2. The third kappa shape index (κ3) is 5.40. The Morgan fingerprint density at radius 2 is 1.35 bits per heavy atom. The highest BCUT2D eigenvalue weighted by molar-refractivity contribution is 6.15. The van der Waals surface area contributed by atoms with E-state index in [9.17, 15) is 0 Å². The van der Waals surface area contributed by atoms with Crippen molar-refractivity contribution in [2.24, 2.45) is 9.98 Å². The molecule has 0 radical (unpaired) electrons. The lowest BCUT2D eigenvalue weighted by atomic mass is 9.79. The average Bonchev–Trinajstić information content (AvgIpc) is 3.67. The van der Waals surface area contributed by atoms with E-state index in [4.69, 9.17) is 4.99 Å². The maximum absolute atomic E-state index is 5.01. The molecule has 4 nitrogen and oxygen atoms in total. The Balaban J connectivity index is 0.000000137. The van der Waals surface area contributed by atoms with E-state index in [1.54, 1.807) is 0 Å². The van der Waals surface area contributed by atoms with Crippen molar-refractivity contribution in [2.75, 3.05) is 0 Å². The zero-order valence-corrected chi connectivity index (χ0v) is 29.0. The zero-order chi connectivity index (χ0) is 34.5. The van der Waals surface area contributed by atoms with Crippen LogP contribution in [0.1, 0.15) is 37.5 Å². The molecule has 246 valence electrons. The number of nitrogens with zero attached hydrogens (tertiary/aromatic N) is 2. The number of H-pyrrole nitrogens is 1. The molecule has 0 saturated heterocycles. The molecule has 2 aliphatic heterocycles. The minimum atomic E-state index is -0.0951. The number of aliphatic imine (C=N–C) groups is 2. The molecule has 1 unspecified atom stereocenters. The lowest BCUT2D eigenvalue weighted by Gasteiger charge is -2.25. The van der Waals surface area contributed by atoms with Gasteiger partial charge in [-0.25, -0.2) is 0 Å². The molecule has 0 amide bonds. The molecule has 1 atom stereocenters. The molecule has 2 N–H and O–H groups in total. The summed E-state index contributed by atoms with van der Waals surface area (Å²) in [6.07, 6.45) is 8.44. The number of allylic oxidation sites excluding steroid dienone is 2. The molecule has 0 saturated carbocycles. The number of rotatable bonds is 3. The molecule has 7 aromatic rings. The van der Waals surface area contributed by atoms with Crippen LogP contribution >= 0.6 is 0 Å². The van der Waals surface area contributed by atoms with Gasteiger partial charge in [0.1, 0.15) is 0 Å². The summed E-state index contributed by atoms with van der Waals surface area (Å²) in [5.41, 5.74) is 13.1. The zero-order valence-electron chi connectivity index (χ0n) is 29.0. The Morgan fingerprint density at radius 1 is 0.627 bits per heavy atom. The maximum Gasteiger partial charge on any atom is 0.0987 e. The summed E-state index contributed by atoms with van der Waals surface area (Å²) in [5, 5.41) is 8.53. The Labute approximate surface area is 298 Å². The fraction of sp³-hybridized carbons (Fsp3) is 0.106. The summed E-state index contributed by atoms with van der Waals surface area (Å²) in [5.74, 6) is 0.955. The van der Waals surface area contributed by atoms with Crippen LogP contribution in [0.2, 0.25) is 0 Å². The molecule has 1 aliphatic carbocycles. The van der Waals surface area contributed by atoms with Crippen molar-refractivity contribution in [3.63, 3.8) is 0 Å². The second kappa shape index (κ2) is 12.3. The SMILES string of the molecule is CC1(C)C(c2ccccc2)=Nc2cc3c(cc21)[nH]c1ccccc13.CC1=NC2C=CC=CC2=C(c2ccc(-c3cccc4ccccc34)cc2)N1. The van der Waals surface area contributed by atoms with E-state index >= 15 is 0 Å². The van der Waals surface area contributed by atoms with Gasteiger partial charge in [0.25, 0.3) is 0 Å². The molecule has 0 spiro atoms. The van der Waals surface area contributed by atoms with Crippen molar-refractivity contribution >= 4 is 55.5 Å². The summed E-state index contributed by atoms with van der Waals surface area (Å²) in [6.45, 7) is 6.55. The third-order valence-corrected chi connectivity index (χ3v) is 10.4. The molecular formula is C47H38N4. The van der Waals surface area contributed by atoms with E-state index < -0.39 is 0 Å². The lowest BCUT2D eigenvalue weighted by Crippen LogP contribution is -2.29. The summed E-state index contributed by atoms with van der Waals surface area (Å²) >= 11 is 0. The summed E-state index contributed by atoms with van der Waals surface area (Å²) in [6, 6.07) is 47.4. The van der Waals surface area contributed by atoms with Crippen LogP contribution in [0.15, 0.2) is 173 Å². The number of nitrogens with one attached hydrogen (secondary N) is 2. The van der Waals surface area contributed by atoms with Gasteiger partial charge in [-0.1, -0.05) is 153 Å². The maximum atomic E-state index is 5.01. The second-order valence-electron chi connectivity index (χ2n) is 14.0. The fourth-order valence-corrected chi connectivity index (χ4v) is 7.79. The van der Waals surface area contributed by atoms with Gasteiger partial charge in [-0.05, 0) is 63.7 Å². The predicted molar refractivity (Wildman–Crippen MR) is 216 cm³/mol. The Morgan fingerprint density at radius 3 is 2.20 bits per heavy atom. The molecule has 3 heterocycles. The number of aromatic nitrogens is 1. The van der Waals surface area contributed by atoms with E-state index in [1.165, 1.54) is 66.0 Å². The van der Waals surface area contributed by atoms with Crippen LogP contribution in [0.4, 0.5) is 5.69 Å². The van der Waals surface area contributed by atoms with E-state index in [1.807, 2.05) is 6.92 Å². The van der Waals surface area contributed by atoms with E-state index in [0.717, 1.165) is 22.9 Å². The Kier molecular flexibility index (Phi) is 7.40. The molecule has 0 bridgehead atoms. The van der Waals surface area contributed by atoms with Crippen LogP contribution in [0.25, 0.3) is 49.4 Å². The average molecular weight is 659 g/mol. The molecule has 0 fully saturated rings. The fourth-order valence-electron chi connectivity index (χ4n) is 7.79. The van der Waals surface area contributed by atoms with Gasteiger partial charge in [0.05, 0.1) is 29.0 Å². The number of para-hydroxylation sites is 1. The van der Waals surface area contributed by atoms with Gasteiger partial charge in [0.15, 0.2) is 0 Å². The highest BCUT2D eigenvalue weighted by Crippen LogP contribution is 2.45. The van der Waals surface area contributed by atoms with Crippen LogP contribution in [0.5, 0.6) is 0 Å². The van der Waals surface area contributed by atoms with Gasteiger partial charge in [0.2, 0.25) is 0 Å². The first-order valence-electron chi connectivity index (χ1n) is 17.6. The van der Waals surface area contributed by atoms with Gasteiger partial charge in [-0.2, -0.15) is 0 Å². The first-order valence-corrected chi connectivity index (χ1v) is 17.6. The van der Waals surface area contributed by atoms with Gasteiger partial charge in [-0.3, -0.25) is 9.98 Å². The Bertz CT molecular complexity index is 2620. The lowest BCUT2D eigenvalue weighted by molar-refractivity contribution is 0.738. The minimum absolute atomic E-state index is 0.0951. The van der Waals surface area contributed by atoms with Gasteiger partial charge < -0.3 is 10.3 Å². The molecular weight excluding hydrogens is 621 g/mol. The van der Waals surface area contributed by atoms with E-state index in [2.05, 4.69) is 187 Å². The number of aromatic amines is 1. The number of hydrogen-bond acceptors (Lipinski definition) is 3. The molecule has 6 aromatic carbocycles. The van der Waals surface area contributed by atoms with Crippen molar-refractivity contribution < 1.29 is 0 Å². The molecule has 10 rings (SSSR count). The molecule has 3 aliphatic rings. The largest absolute Gasteiger partial charge is 0.354 e. The molecule has 4 heteroatoms. The van der Waals surface area contributed by atoms with Crippen LogP contribution in [-0.2, 0) is 5.41 Å². The highest BCUT2D eigenvalue weighted by atomic mass is 15.0. The van der Waals surface area contributed by atoms with E-state index in [0.29, 0.717) is 0 Å². The first-order chi connectivity index (χ1) is 24.9. The molecule has 1 aromatic heterocycles. The monoisotopic (exact) mass is 658 g/mol. The van der Waals surface area contributed by atoms with Gasteiger partial charge >= 0.3 is 0 Å². The van der Waals surface area contributed by atoms with Crippen molar-refractivity contribution in [2.45, 2.75) is 32.2 Å². The van der Waals surface area contributed by atoms with Crippen molar-refractivity contribution in [1.29, 1.82) is 0 Å². The highest BCUT2D eigenvalue weighted by Gasteiger charge is 2.36. The smallest absolute Gasteiger partial charge is 0.0987 e. The van der Waals surface area contributed by atoms with E-state index in [-0.39, 0.29) is 11.5 Å². The topological polar surface area (TPSA) is 52.5 Å². The second-order valence-corrected chi connectivity index (χ2v) is 14.0. The number of benzene rings is 6. The minimum Gasteiger partial charge on any atom is -0.354 e. The van der Waals surface area contributed by atoms with Crippen LogP contribution in [0, 0.1) is 0 Å².